The standard InChI is InChI=1S/C21H26ClN5O2S/c1-14(2)23-21(29)15-8-10-27(11-9-15)18-6-7-20(26-25-18)30-13-19(28)24-17-5-3-4-16(22)12-17/h3-7,12,14-15H,8-11,13H2,1-2H3,(H,23,29)(H,24,28). The Kier molecular flexibility index (Phi) is 7.93. The molecule has 7 nitrogen and oxygen atoms in total. The monoisotopic (exact) mass is 447 g/mol. The minimum atomic E-state index is -0.130. The molecule has 0 saturated carbocycles. The van der Waals surface area contributed by atoms with E-state index >= 15 is 0 Å². The first-order valence-electron chi connectivity index (χ1n) is 9.98. The Hall–Kier alpha value is -2.32. The molecule has 0 atom stereocenters. The highest BCUT2D eigenvalue weighted by Gasteiger charge is 2.26. The zero-order valence-corrected chi connectivity index (χ0v) is 18.7. The van der Waals surface area contributed by atoms with Gasteiger partial charge in [0.2, 0.25) is 11.8 Å². The average Bonchev–Trinajstić information content (AvgIpc) is 2.72. The number of anilines is 2. The molecule has 0 bridgehead atoms. The lowest BCUT2D eigenvalue weighted by Crippen LogP contribution is -2.42. The van der Waals surface area contributed by atoms with Gasteiger partial charge in [0, 0.05) is 35.8 Å². The minimum absolute atomic E-state index is 0.0597. The average molecular weight is 448 g/mol. The van der Waals surface area contributed by atoms with Gasteiger partial charge in [-0.05, 0) is 57.0 Å². The maximum Gasteiger partial charge on any atom is 0.234 e. The van der Waals surface area contributed by atoms with E-state index in [0.717, 1.165) is 31.7 Å². The molecule has 0 unspecified atom stereocenters. The molecule has 1 fully saturated rings. The summed E-state index contributed by atoms with van der Waals surface area (Å²) in [7, 11) is 0. The van der Waals surface area contributed by atoms with Gasteiger partial charge >= 0.3 is 0 Å². The number of nitrogens with one attached hydrogen (secondary N) is 2. The minimum Gasteiger partial charge on any atom is -0.355 e. The van der Waals surface area contributed by atoms with Gasteiger partial charge in [-0.25, -0.2) is 0 Å². The van der Waals surface area contributed by atoms with Crippen molar-refractivity contribution in [1.29, 1.82) is 0 Å². The van der Waals surface area contributed by atoms with Gasteiger partial charge in [-0.1, -0.05) is 29.4 Å². The van der Waals surface area contributed by atoms with E-state index in [-0.39, 0.29) is 29.5 Å². The highest BCUT2D eigenvalue weighted by Crippen LogP contribution is 2.23. The van der Waals surface area contributed by atoms with E-state index in [0.29, 0.717) is 15.7 Å². The van der Waals surface area contributed by atoms with Gasteiger partial charge < -0.3 is 15.5 Å². The van der Waals surface area contributed by atoms with Crippen molar-refractivity contribution in [3.63, 3.8) is 0 Å². The Bertz CT molecular complexity index is 870. The molecule has 1 aliphatic rings. The van der Waals surface area contributed by atoms with E-state index < -0.39 is 0 Å². The van der Waals surface area contributed by atoms with Crippen LogP contribution in [0, 0.1) is 5.92 Å². The topological polar surface area (TPSA) is 87.2 Å². The number of amides is 2. The summed E-state index contributed by atoms with van der Waals surface area (Å²) >= 11 is 7.25. The summed E-state index contributed by atoms with van der Waals surface area (Å²) in [4.78, 5) is 26.4. The number of benzene rings is 1. The Balaban J connectivity index is 1.45. The molecule has 0 spiro atoms. The normalized spacial score (nSPS) is 14.6. The maximum atomic E-state index is 12.2. The van der Waals surface area contributed by atoms with Crippen LogP contribution in [0.4, 0.5) is 11.5 Å². The van der Waals surface area contributed by atoms with Gasteiger partial charge in [-0.3, -0.25) is 9.59 Å². The summed E-state index contributed by atoms with van der Waals surface area (Å²) in [6.45, 7) is 5.50. The molecule has 9 heteroatoms. The number of hydrogen-bond acceptors (Lipinski definition) is 6. The second-order valence-corrected chi connectivity index (χ2v) is 8.93. The highest BCUT2D eigenvalue weighted by molar-refractivity contribution is 7.99. The Labute approximate surface area is 186 Å². The summed E-state index contributed by atoms with van der Waals surface area (Å²) in [6.07, 6.45) is 1.61. The number of rotatable bonds is 7. The first kappa shape index (κ1) is 22.4. The fourth-order valence-electron chi connectivity index (χ4n) is 3.23. The molecule has 0 radical (unpaired) electrons. The van der Waals surface area contributed by atoms with Crippen LogP contribution in [0.25, 0.3) is 0 Å². The van der Waals surface area contributed by atoms with Crippen LogP contribution in [0.3, 0.4) is 0 Å². The van der Waals surface area contributed by atoms with Gasteiger partial charge in [0.1, 0.15) is 5.03 Å². The molecular formula is C21H26ClN5O2S. The number of nitrogens with zero attached hydrogens (tertiary/aromatic N) is 3. The van der Waals surface area contributed by atoms with E-state index in [1.54, 1.807) is 24.3 Å². The number of halogens is 1. The summed E-state index contributed by atoms with van der Waals surface area (Å²) in [6, 6.07) is 11.0. The third kappa shape index (κ3) is 6.60. The lowest BCUT2D eigenvalue weighted by molar-refractivity contribution is -0.126. The molecule has 1 saturated heterocycles. The molecule has 2 N–H and O–H groups in total. The van der Waals surface area contributed by atoms with Gasteiger partial charge in [-0.2, -0.15) is 0 Å². The first-order chi connectivity index (χ1) is 14.4. The number of aromatic nitrogens is 2. The third-order valence-electron chi connectivity index (χ3n) is 4.71. The lowest BCUT2D eigenvalue weighted by Gasteiger charge is -2.32. The molecule has 2 amide bonds. The van der Waals surface area contributed by atoms with E-state index in [9.17, 15) is 9.59 Å². The molecule has 2 heterocycles. The van der Waals surface area contributed by atoms with Crippen molar-refractivity contribution in [2.24, 2.45) is 5.92 Å². The smallest absolute Gasteiger partial charge is 0.234 e. The van der Waals surface area contributed by atoms with Crippen molar-refractivity contribution in [2.45, 2.75) is 37.8 Å². The van der Waals surface area contributed by atoms with Crippen LogP contribution in [0.1, 0.15) is 26.7 Å². The molecule has 2 aromatic rings. The van der Waals surface area contributed by atoms with Crippen LogP contribution in [0.2, 0.25) is 5.02 Å². The Morgan fingerprint density at radius 2 is 1.97 bits per heavy atom. The number of piperidine rings is 1. The van der Waals surface area contributed by atoms with Crippen LogP contribution in [0.5, 0.6) is 0 Å². The summed E-state index contributed by atoms with van der Waals surface area (Å²) in [5.41, 5.74) is 0.667. The predicted molar refractivity (Wildman–Crippen MR) is 121 cm³/mol. The van der Waals surface area contributed by atoms with Crippen LogP contribution in [-0.4, -0.2) is 46.9 Å². The molecule has 1 aromatic carbocycles. The lowest BCUT2D eigenvalue weighted by atomic mass is 9.95. The van der Waals surface area contributed by atoms with Crippen molar-refractivity contribution in [2.75, 3.05) is 29.1 Å². The van der Waals surface area contributed by atoms with Gasteiger partial charge in [0.25, 0.3) is 0 Å². The van der Waals surface area contributed by atoms with E-state index in [1.165, 1.54) is 11.8 Å². The summed E-state index contributed by atoms with van der Waals surface area (Å²) in [5.74, 6) is 1.10. The molecule has 1 aliphatic heterocycles. The predicted octanol–water partition coefficient (Wildman–Crippen LogP) is 3.60. The van der Waals surface area contributed by atoms with Crippen molar-refractivity contribution < 1.29 is 9.59 Å². The zero-order chi connectivity index (χ0) is 21.5. The molecule has 160 valence electrons. The maximum absolute atomic E-state index is 12.2. The molecule has 30 heavy (non-hydrogen) atoms. The fraction of sp³-hybridized carbons (Fsp3) is 0.429. The second-order valence-electron chi connectivity index (χ2n) is 7.50. The zero-order valence-electron chi connectivity index (χ0n) is 17.1. The highest BCUT2D eigenvalue weighted by atomic mass is 35.5. The number of carbonyl (C=O) groups is 2. The second kappa shape index (κ2) is 10.6. The fourth-order valence-corrected chi connectivity index (χ4v) is 4.04. The Morgan fingerprint density at radius 3 is 2.60 bits per heavy atom. The quantitative estimate of drug-likeness (QED) is 0.630. The Morgan fingerprint density at radius 1 is 1.20 bits per heavy atom. The largest absolute Gasteiger partial charge is 0.355 e. The molecular weight excluding hydrogens is 422 g/mol. The van der Waals surface area contributed by atoms with Crippen molar-refractivity contribution in [1.82, 2.24) is 15.5 Å². The van der Waals surface area contributed by atoms with Crippen LogP contribution in [0.15, 0.2) is 41.4 Å². The van der Waals surface area contributed by atoms with Crippen LogP contribution < -0.4 is 15.5 Å². The summed E-state index contributed by atoms with van der Waals surface area (Å²) < 4.78 is 0. The van der Waals surface area contributed by atoms with Gasteiger partial charge in [0.15, 0.2) is 5.82 Å². The molecule has 1 aromatic heterocycles. The van der Waals surface area contributed by atoms with E-state index in [2.05, 4.69) is 25.7 Å². The van der Waals surface area contributed by atoms with E-state index in [1.807, 2.05) is 26.0 Å². The molecule has 0 aliphatic carbocycles. The van der Waals surface area contributed by atoms with Gasteiger partial charge in [-0.15, -0.1) is 10.2 Å². The first-order valence-corrected chi connectivity index (χ1v) is 11.3. The third-order valence-corrected chi connectivity index (χ3v) is 5.86. The van der Waals surface area contributed by atoms with Crippen molar-refractivity contribution in [3.05, 3.63) is 41.4 Å². The number of carbonyl (C=O) groups excluding carboxylic acids is 2. The van der Waals surface area contributed by atoms with Gasteiger partial charge in [0.05, 0.1) is 5.75 Å². The summed E-state index contributed by atoms with van der Waals surface area (Å²) in [5, 5.41) is 15.6. The molecule has 3 rings (SSSR count). The van der Waals surface area contributed by atoms with E-state index in [4.69, 9.17) is 11.6 Å². The SMILES string of the molecule is CC(C)NC(=O)C1CCN(c2ccc(SCC(=O)Nc3cccc(Cl)c3)nn2)CC1. The van der Waals surface area contributed by atoms with Crippen molar-refractivity contribution >= 4 is 46.7 Å². The van der Waals surface area contributed by atoms with Crippen LogP contribution >= 0.6 is 23.4 Å². The number of thioether (sulfide) groups is 1. The number of hydrogen-bond donors (Lipinski definition) is 2. The van der Waals surface area contributed by atoms with Crippen molar-refractivity contribution in [3.8, 4) is 0 Å². The van der Waals surface area contributed by atoms with Crippen LogP contribution in [-0.2, 0) is 9.59 Å².